The number of hydrogen-bond donors (Lipinski definition) is 1. The highest BCUT2D eigenvalue weighted by atomic mass is 32.2. The van der Waals surface area contributed by atoms with Crippen LogP contribution in [-0.4, -0.2) is 80.0 Å². The Hall–Kier alpha value is -0.210. The molecule has 1 N–H and O–H groups in total. The van der Waals surface area contributed by atoms with Gasteiger partial charge >= 0.3 is 0 Å². The maximum absolute atomic E-state index is 12.6. The normalized spacial score (nSPS) is 25.4. The van der Waals surface area contributed by atoms with Crippen LogP contribution in [0.3, 0.4) is 0 Å². The lowest BCUT2D eigenvalue weighted by Crippen LogP contribution is -2.51. The Labute approximate surface area is 122 Å². The zero-order chi connectivity index (χ0) is 14.8. The van der Waals surface area contributed by atoms with Gasteiger partial charge in [0, 0.05) is 32.8 Å². The van der Waals surface area contributed by atoms with E-state index in [4.69, 9.17) is 5.11 Å². The zero-order valence-electron chi connectivity index (χ0n) is 12.5. The molecular formula is C13H27N3O3S. The lowest BCUT2D eigenvalue weighted by atomic mass is 10.00. The van der Waals surface area contributed by atoms with Crippen molar-refractivity contribution in [2.24, 2.45) is 5.92 Å². The molecule has 0 aromatic heterocycles. The van der Waals surface area contributed by atoms with Crippen LogP contribution in [0.25, 0.3) is 0 Å². The molecule has 2 aliphatic rings. The Morgan fingerprint density at radius 2 is 1.65 bits per heavy atom. The highest BCUT2D eigenvalue weighted by Gasteiger charge is 2.35. The summed E-state index contributed by atoms with van der Waals surface area (Å²) in [5.74, 6) is 0.259. The first-order valence-corrected chi connectivity index (χ1v) is 8.87. The summed E-state index contributed by atoms with van der Waals surface area (Å²) in [6, 6.07) is 0.117. The maximum atomic E-state index is 12.6. The molecule has 0 radical (unpaired) electrons. The van der Waals surface area contributed by atoms with E-state index in [1.807, 2.05) is 0 Å². The minimum Gasteiger partial charge on any atom is -0.396 e. The van der Waals surface area contributed by atoms with Gasteiger partial charge < -0.3 is 10.0 Å². The quantitative estimate of drug-likeness (QED) is 0.792. The summed E-state index contributed by atoms with van der Waals surface area (Å²) in [5.41, 5.74) is 0. The molecular weight excluding hydrogens is 278 g/mol. The van der Waals surface area contributed by atoms with E-state index in [1.165, 1.54) is 0 Å². The minimum absolute atomic E-state index is 0.117. The molecule has 2 aliphatic heterocycles. The molecule has 2 saturated heterocycles. The third-order valence-corrected chi connectivity index (χ3v) is 6.77. The maximum Gasteiger partial charge on any atom is 0.281 e. The summed E-state index contributed by atoms with van der Waals surface area (Å²) >= 11 is 0. The highest BCUT2D eigenvalue weighted by molar-refractivity contribution is 7.86. The van der Waals surface area contributed by atoms with Crippen molar-refractivity contribution in [3.63, 3.8) is 0 Å². The number of likely N-dealkylation sites (tertiary alicyclic amines) is 1. The van der Waals surface area contributed by atoms with Crippen molar-refractivity contribution in [3.05, 3.63) is 0 Å². The predicted molar refractivity (Wildman–Crippen MR) is 78.6 cm³/mol. The molecule has 118 valence electrons. The smallest absolute Gasteiger partial charge is 0.281 e. The lowest BCUT2D eigenvalue weighted by Gasteiger charge is -2.38. The van der Waals surface area contributed by atoms with Gasteiger partial charge in [-0.25, -0.2) is 0 Å². The molecule has 6 nitrogen and oxygen atoms in total. The van der Waals surface area contributed by atoms with E-state index < -0.39 is 10.2 Å². The van der Waals surface area contributed by atoms with E-state index in [0.717, 1.165) is 38.8 Å². The lowest BCUT2D eigenvalue weighted by molar-refractivity contribution is 0.158. The highest BCUT2D eigenvalue weighted by Crippen LogP contribution is 2.24. The molecule has 20 heavy (non-hydrogen) atoms. The number of nitrogens with zero attached hydrogens (tertiary/aromatic N) is 3. The second-order valence-corrected chi connectivity index (χ2v) is 8.07. The first-order chi connectivity index (χ1) is 9.45. The van der Waals surface area contributed by atoms with Gasteiger partial charge in [-0.2, -0.15) is 17.0 Å². The first-order valence-electron chi connectivity index (χ1n) is 7.47. The zero-order valence-corrected chi connectivity index (χ0v) is 13.3. The van der Waals surface area contributed by atoms with Crippen molar-refractivity contribution in [2.75, 3.05) is 46.9 Å². The second kappa shape index (κ2) is 6.70. The van der Waals surface area contributed by atoms with Crippen LogP contribution >= 0.6 is 0 Å². The van der Waals surface area contributed by atoms with Crippen LogP contribution in [0.15, 0.2) is 0 Å². The summed E-state index contributed by atoms with van der Waals surface area (Å²) in [5, 5.41) is 9.13. The fourth-order valence-corrected chi connectivity index (χ4v) is 4.68. The van der Waals surface area contributed by atoms with Gasteiger partial charge in [-0.1, -0.05) is 0 Å². The van der Waals surface area contributed by atoms with Crippen molar-refractivity contribution in [1.82, 2.24) is 13.5 Å². The van der Waals surface area contributed by atoms with E-state index in [1.54, 1.807) is 15.7 Å². The molecule has 0 aromatic carbocycles. The number of aliphatic hydroxyl groups excluding tert-OH is 1. The summed E-state index contributed by atoms with van der Waals surface area (Å²) in [6.45, 7) is 3.14. The van der Waals surface area contributed by atoms with Crippen molar-refractivity contribution in [3.8, 4) is 0 Å². The molecule has 0 aliphatic carbocycles. The Morgan fingerprint density at radius 3 is 2.15 bits per heavy atom. The minimum atomic E-state index is -3.34. The van der Waals surface area contributed by atoms with Crippen LogP contribution in [0.1, 0.15) is 25.7 Å². The Balaban J connectivity index is 1.95. The summed E-state index contributed by atoms with van der Waals surface area (Å²) in [4.78, 5) is 2.24. The summed E-state index contributed by atoms with van der Waals surface area (Å²) in [7, 11) is 0.441. The van der Waals surface area contributed by atoms with Crippen molar-refractivity contribution in [1.29, 1.82) is 0 Å². The van der Waals surface area contributed by atoms with Gasteiger partial charge in [0.2, 0.25) is 0 Å². The van der Waals surface area contributed by atoms with Crippen LogP contribution in [0.4, 0.5) is 0 Å². The van der Waals surface area contributed by atoms with Crippen LogP contribution < -0.4 is 0 Å². The molecule has 7 heteroatoms. The van der Waals surface area contributed by atoms with Crippen LogP contribution in [0, 0.1) is 5.92 Å². The van der Waals surface area contributed by atoms with E-state index in [0.29, 0.717) is 13.1 Å². The summed E-state index contributed by atoms with van der Waals surface area (Å²) in [6.07, 6.45) is 3.33. The fourth-order valence-electron chi connectivity index (χ4n) is 3.05. The molecule has 0 saturated carbocycles. The van der Waals surface area contributed by atoms with Crippen LogP contribution in [0.5, 0.6) is 0 Å². The standard InChI is InChI=1S/C13H27N3O3S/c1-14-7-5-13(6-8-14)15(2)20(18,19)16-9-3-12(11-17)4-10-16/h12-13,17H,3-11H2,1-2H3. The molecule has 0 unspecified atom stereocenters. The van der Waals surface area contributed by atoms with E-state index in [-0.39, 0.29) is 18.6 Å². The van der Waals surface area contributed by atoms with Gasteiger partial charge in [-0.15, -0.1) is 0 Å². The Morgan fingerprint density at radius 1 is 1.10 bits per heavy atom. The SMILES string of the molecule is CN1CCC(N(C)S(=O)(=O)N2CCC(CO)CC2)CC1. The topological polar surface area (TPSA) is 64.1 Å². The number of rotatable bonds is 4. The van der Waals surface area contributed by atoms with Gasteiger partial charge in [0.05, 0.1) is 0 Å². The van der Waals surface area contributed by atoms with Crippen LogP contribution in [0.2, 0.25) is 0 Å². The third kappa shape index (κ3) is 3.51. The van der Waals surface area contributed by atoms with Gasteiger partial charge in [-0.05, 0) is 51.7 Å². The second-order valence-electron chi connectivity index (χ2n) is 6.08. The van der Waals surface area contributed by atoms with E-state index in [9.17, 15) is 8.42 Å². The van der Waals surface area contributed by atoms with Gasteiger partial charge in [-0.3, -0.25) is 0 Å². The van der Waals surface area contributed by atoms with E-state index in [2.05, 4.69) is 11.9 Å². The first kappa shape index (κ1) is 16.2. The third-order valence-electron chi connectivity index (χ3n) is 4.72. The van der Waals surface area contributed by atoms with Gasteiger partial charge in [0.15, 0.2) is 0 Å². The van der Waals surface area contributed by atoms with Gasteiger partial charge in [0.25, 0.3) is 10.2 Å². The number of piperidine rings is 2. The molecule has 0 atom stereocenters. The molecule has 0 amide bonds. The van der Waals surface area contributed by atoms with Crippen LogP contribution in [-0.2, 0) is 10.2 Å². The summed E-state index contributed by atoms with van der Waals surface area (Å²) < 4.78 is 28.4. The monoisotopic (exact) mass is 305 g/mol. The number of aliphatic hydroxyl groups is 1. The molecule has 0 spiro atoms. The molecule has 2 fully saturated rings. The van der Waals surface area contributed by atoms with E-state index >= 15 is 0 Å². The van der Waals surface area contributed by atoms with Gasteiger partial charge in [0.1, 0.15) is 0 Å². The van der Waals surface area contributed by atoms with Crippen molar-refractivity contribution in [2.45, 2.75) is 31.7 Å². The molecule has 2 heterocycles. The average Bonchev–Trinajstić information content (AvgIpc) is 2.47. The molecule has 0 aromatic rings. The largest absolute Gasteiger partial charge is 0.396 e. The fraction of sp³-hybridized carbons (Fsp3) is 1.00. The molecule has 2 rings (SSSR count). The van der Waals surface area contributed by atoms with Crippen molar-refractivity contribution >= 4 is 10.2 Å². The predicted octanol–water partition coefficient (Wildman–Crippen LogP) is -0.0385. The Bertz CT molecular complexity index is 399. The average molecular weight is 305 g/mol. The van der Waals surface area contributed by atoms with Crippen molar-refractivity contribution < 1.29 is 13.5 Å². The number of hydrogen-bond acceptors (Lipinski definition) is 4. The Kier molecular flexibility index (Phi) is 5.42. The molecule has 0 bridgehead atoms.